The molecular weight excluding hydrogens is 264 g/mol. The monoisotopic (exact) mass is 288 g/mol. The van der Waals surface area contributed by atoms with Crippen LogP contribution in [0.2, 0.25) is 0 Å². The molecule has 0 radical (unpaired) electrons. The van der Waals surface area contributed by atoms with E-state index in [-0.39, 0.29) is 0 Å². The zero-order chi connectivity index (χ0) is 14.3. The van der Waals surface area contributed by atoms with Crippen molar-refractivity contribution < 1.29 is 0 Å². The largest absolute Gasteiger partial charge is 0.368 e. The standard InChI is InChI=1S/C15H24N6/c16-12-18-13(17-10-15(6-7-15)11-4-5-11)20-14(19-12)21-8-2-1-3-9-21/h11H,1-10H2,(H3,16,17,18,19,20). The van der Waals surface area contributed by atoms with Crippen molar-refractivity contribution in [2.45, 2.75) is 44.9 Å². The first-order valence-electron chi connectivity index (χ1n) is 8.26. The Morgan fingerprint density at radius 2 is 1.86 bits per heavy atom. The Bertz CT molecular complexity index is 517. The van der Waals surface area contributed by atoms with Crippen LogP contribution in [0.5, 0.6) is 0 Å². The topological polar surface area (TPSA) is 80.0 Å². The summed E-state index contributed by atoms with van der Waals surface area (Å²) in [6.07, 6.45) is 9.22. The van der Waals surface area contributed by atoms with Gasteiger partial charge in [-0.15, -0.1) is 0 Å². The number of hydrogen-bond donors (Lipinski definition) is 2. The molecule has 0 atom stereocenters. The molecule has 3 aliphatic rings. The molecular formula is C15H24N6. The molecule has 114 valence electrons. The van der Waals surface area contributed by atoms with Crippen LogP contribution in [0, 0.1) is 11.3 Å². The minimum absolute atomic E-state index is 0.323. The van der Waals surface area contributed by atoms with Gasteiger partial charge in [0.2, 0.25) is 17.8 Å². The fraction of sp³-hybridized carbons (Fsp3) is 0.800. The van der Waals surface area contributed by atoms with E-state index >= 15 is 0 Å². The predicted octanol–water partition coefficient (Wildman–Crippen LogP) is 2.05. The van der Waals surface area contributed by atoms with E-state index in [0.29, 0.717) is 17.3 Å². The molecule has 1 aromatic rings. The number of piperidine rings is 1. The Morgan fingerprint density at radius 3 is 2.52 bits per heavy atom. The van der Waals surface area contributed by atoms with Gasteiger partial charge in [-0.05, 0) is 56.3 Å². The Labute approximate surface area is 125 Å². The van der Waals surface area contributed by atoms with Gasteiger partial charge in [-0.25, -0.2) is 0 Å². The molecule has 0 spiro atoms. The van der Waals surface area contributed by atoms with E-state index in [4.69, 9.17) is 5.73 Å². The average Bonchev–Trinajstić information content (AvgIpc) is 3.38. The fourth-order valence-corrected chi connectivity index (χ4v) is 3.54. The van der Waals surface area contributed by atoms with Gasteiger partial charge in [0.1, 0.15) is 0 Å². The predicted molar refractivity (Wildman–Crippen MR) is 83.2 cm³/mol. The van der Waals surface area contributed by atoms with Crippen molar-refractivity contribution in [1.82, 2.24) is 15.0 Å². The third-order valence-electron chi connectivity index (χ3n) is 5.21. The molecule has 4 rings (SSSR count). The zero-order valence-electron chi connectivity index (χ0n) is 12.5. The molecule has 0 aromatic carbocycles. The molecule has 2 aliphatic carbocycles. The van der Waals surface area contributed by atoms with Crippen LogP contribution < -0.4 is 16.0 Å². The average molecular weight is 288 g/mol. The third-order valence-corrected chi connectivity index (χ3v) is 5.21. The molecule has 2 heterocycles. The maximum atomic E-state index is 5.86. The number of nitrogens with zero attached hydrogens (tertiary/aromatic N) is 4. The van der Waals surface area contributed by atoms with Crippen LogP contribution in [0.1, 0.15) is 44.9 Å². The molecule has 0 unspecified atom stereocenters. The molecule has 6 nitrogen and oxygen atoms in total. The van der Waals surface area contributed by atoms with Crippen molar-refractivity contribution >= 4 is 17.8 Å². The maximum Gasteiger partial charge on any atom is 0.231 e. The molecule has 1 saturated heterocycles. The SMILES string of the molecule is Nc1nc(NCC2(C3CC3)CC2)nc(N2CCCCC2)n1. The van der Waals surface area contributed by atoms with Crippen LogP contribution in [-0.4, -0.2) is 34.6 Å². The summed E-state index contributed by atoms with van der Waals surface area (Å²) in [5.74, 6) is 2.64. The van der Waals surface area contributed by atoms with Crippen LogP contribution in [0.4, 0.5) is 17.8 Å². The first-order chi connectivity index (χ1) is 10.3. The Balaban J connectivity index is 1.45. The quantitative estimate of drug-likeness (QED) is 0.863. The first kappa shape index (κ1) is 13.1. The highest BCUT2D eigenvalue weighted by Crippen LogP contribution is 2.61. The van der Waals surface area contributed by atoms with Crippen LogP contribution in [0.25, 0.3) is 0 Å². The molecule has 2 saturated carbocycles. The second-order valence-corrected chi connectivity index (χ2v) is 6.86. The summed E-state index contributed by atoms with van der Waals surface area (Å²) in [5, 5.41) is 3.42. The van der Waals surface area contributed by atoms with Crippen LogP contribution >= 0.6 is 0 Å². The number of nitrogen functional groups attached to an aromatic ring is 1. The lowest BCUT2D eigenvalue weighted by Crippen LogP contribution is -2.31. The number of rotatable bonds is 5. The zero-order valence-corrected chi connectivity index (χ0v) is 12.5. The van der Waals surface area contributed by atoms with Crippen LogP contribution in [0.15, 0.2) is 0 Å². The van der Waals surface area contributed by atoms with Gasteiger partial charge in [-0.1, -0.05) is 0 Å². The van der Waals surface area contributed by atoms with Gasteiger partial charge in [0.05, 0.1) is 0 Å². The van der Waals surface area contributed by atoms with Crippen LogP contribution in [-0.2, 0) is 0 Å². The maximum absolute atomic E-state index is 5.86. The van der Waals surface area contributed by atoms with Crippen molar-refractivity contribution in [3.63, 3.8) is 0 Å². The highest BCUT2D eigenvalue weighted by Gasteiger charge is 2.53. The molecule has 1 aromatic heterocycles. The molecule has 0 bridgehead atoms. The normalized spacial score (nSPS) is 23.9. The van der Waals surface area contributed by atoms with Gasteiger partial charge < -0.3 is 16.0 Å². The second-order valence-electron chi connectivity index (χ2n) is 6.86. The van der Waals surface area contributed by atoms with Gasteiger partial charge in [0.15, 0.2) is 0 Å². The summed E-state index contributed by atoms with van der Waals surface area (Å²) < 4.78 is 0. The summed E-state index contributed by atoms with van der Waals surface area (Å²) >= 11 is 0. The van der Waals surface area contributed by atoms with Crippen molar-refractivity contribution in [2.24, 2.45) is 11.3 Å². The lowest BCUT2D eigenvalue weighted by atomic mass is 10.0. The van der Waals surface area contributed by atoms with Gasteiger partial charge >= 0.3 is 0 Å². The molecule has 6 heteroatoms. The number of nitrogens with two attached hydrogens (primary N) is 1. The van der Waals surface area contributed by atoms with E-state index < -0.39 is 0 Å². The van der Waals surface area contributed by atoms with Gasteiger partial charge in [-0.3, -0.25) is 0 Å². The van der Waals surface area contributed by atoms with E-state index in [9.17, 15) is 0 Å². The summed E-state index contributed by atoms with van der Waals surface area (Å²) in [4.78, 5) is 15.4. The highest BCUT2D eigenvalue weighted by molar-refractivity contribution is 5.42. The lowest BCUT2D eigenvalue weighted by Gasteiger charge is -2.26. The first-order valence-corrected chi connectivity index (χ1v) is 8.26. The third kappa shape index (κ3) is 2.76. The van der Waals surface area contributed by atoms with E-state index in [1.165, 1.54) is 44.9 Å². The number of anilines is 3. The molecule has 21 heavy (non-hydrogen) atoms. The molecule has 3 fully saturated rings. The van der Waals surface area contributed by atoms with E-state index in [2.05, 4.69) is 25.2 Å². The van der Waals surface area contributed by atoms with Crippen molar-refractivity contribution in [2.75, 3.05) is 35.6 Å². The molecule has 1 aliphatic heterocycles. The van der Waals surface area contributed by atoms with E-state index in [0.717, 1.165) is 31.5 Å². The smallest absolute Gasteiger partial charge is 0.231 e. The summed E-state index contributed by atoms with van der Waals surface area (Å²) in [6.45, 7) is 3.03. The van der Waals surface area contributed by atoms with Crippen molar-refractivity contribution in [1.29, 1.82) is 0 Å². The fourth-order valence-electron chi connectivity index (χ4n) is 3.54. The van der Waals surface area contributed by atoms with Gasteiger partial charge in [0.25, 0.3) is 0 Å². The summed E-state index contributed by atoms with van der Waals surface area (Å²) in [5.41, 5.74) is 6.40. The Morgan fingerprint density at radius 1 is 1.10 bits per heavy atom. The lowest BCUT2D eigenvalue weighted by molar-refractivity contribution is 0.465. The Kier molecular flexibility index (Phi) is 3.12. The van der Waals surface area contributed by atoms with Gasteiger partial charge in [-0.2, -0.15) is 15.0 Å². The number of aromatic nitrogens is 3. The number of nitrogens with one attached hydrogen (secondary N) is 1. The molecule has 3 N–H and O–H groups in total. The van der Waals surface area contributed by atoms with E-state index in [1.54, 1.807) is 0 Å². The van der Waals surface area contributed by atoms with Gasteiger partial charge in [0, 0.05) is 19.6 Å². The summed E-state index contributed by atoms with van der Waals surface area (Å²) in [7, 11) is 0. The van der Waals surface area contributed by atoms with Crippen molar-refractivity contribution in [3.05, 3.63) is 0 Å². The summed E-state index contributed by atoms with van der Waals surface area (Å²) in [6, 6.07) is 0. The second kappa shape index (κ2) is 5.00. The minimum Gasteiger partial charge on any atom is -0.368 e. The number of hydrogen-bond acceptors (Lipinski definition) is 6. The van der Waals surface area contributed by atoms with Crippen molar-refractivity contribution in [3.8, 4) is 0 Å². The van der Waals surface area contributed by atoms with Crippen LogP contribution in [0.3, 0.4) is 0 Å². The highest BCUT2D eigenvalue weighted by atomic mass is 15.3. The Hall–Kier alpha value is -1.59. The minimum atomic E-state index is 0.323. The van der Waals surface area contributed by atoms with E-state index in [1.807, 2.05) is 0 Å². The molecule has 0 amide bonds.